The minimum atomic E-state index is -0.0335. The number of hydrogen-bond acceptors (Lipinski definition) is 2. The summed E-state index contributed by atoms with van der Waals surface area (Å²) in [5, 5.41) is 2.87. The van der Waals surface area contributed by atoms with Crippen LogP contribution in [0.5, 0.6) is 0 Å². The van der Waals surface area contributed by atoms with Crippen molar-refractivity contribution in [1.29, 1.82) is 0 Å². The molecule has 0 bridgehead atoms. The van der Waals surface area contributed by atoms with E-state index in [1.807, 2.05) is 32.1 Å². The highest BCUT2D eigenvalue weighted by molar-refractivity contribution is 9.11. The van der Waals surface area contributed by atoms with Gasteiger partial charge in [-0.15, -0.1) is 11.3 Å². The summed E-state index contributed by atoms with van der Waals surface area (Å²) in [6.07, 6.45) is 4.35. The number of rotatable bonds is 4. The van der Waals surface area contributed by atoms with E-state index in [0.29, 0.717) is 0 Å². The van der Waals surface area contributed by atoms with E-state index in [-0.39, 0.29) is 11.9 Å². The third kappa shape index (κ3) is 4.62. The van der Waals surface area contributed by atoms with Crippen molar-refractivity contribution in [3.63, 3.8) is 0 Å². The summed E-state index contributed by atoms with van der Waals surface area (Å²) in [4.78, 5) is 12.5. The van der Waals surface area contributed by atoms with Gasteiger partial charge in [-0.2, -0.15) is 0 Å². The molecule has 0 aromatic carbocycles. The quantitative estimate of drug-likeness (QED) is 0.845. The Morgan fingerprint density at radius 3 is 2.93 bits per heavy atom. The summed E-state index contributed by atoms with van der Waals surface area (Å²) >= 11 is 4.98. The highest BCUT2D eigenvalue weighted by atomic mass is 79.9. The fraction of sp³-hybridized carbons (Fsp3) is 0.364. The second-order valence-corrected chi connectivity index (χ2v) is 5.79. The van der Waals surface area contributed by atoms with Crippen LogP contribution in [0.25, 0.3) is 6.08 Å². The van der Waals surface area contributed by atoms with Gasteiger partial charge in [0, 0.05) is 17.0 Å². The van der Waals surface area contributed by atoms with Crippen LogP contribution in [0, 0.1) is 0 Å². The molecule has 1 atom stereocenters. The average molecular weight is 288 g/mol. The van der Waals surface area contributed by atoms with Crippen LogP contribution in [0.4, 0.5) is 0 Å². The van der Waals surface area contributed by atoms with E-state index in [4.69, 9.17) is 0 Å². The molecule has 1 aromatic heterocycles. The van der Waals surface area contributed by atoms with Crippen molar-refractivity contribution in [2.75, 3.05) is 0 Å². The van der Waals surface area contributed by atoms with Crippen LogP contribution in [0.2, 0.25) is 0 Å². The van der Waals surface area contributed by atoms with Crippen LogP contribution in [0.15, 0.2) is 22.0 Å². The van der Waals surface area contributed by atoms with Crippen LogP contribution < -0.4 is 5.32 Å². The first-order valence-corrected chi connectivity index (χ1v) is 6.46. The molecule has 0 aliphatic rings. The van der Waals surface area contributed by atoms with E-state index >= 15 is 0 Å². The van der Waals surface area contributed by atoms with Crippen molar-refractivity contribution in [1.82, 2.24) is 5.32 Å². The molecular weight excluding hydrogens is 274 g/mol. The van der Waals surface area contributed by atoms with E-state index in [1.54, 1.807) is 17.4 Å². The minimum absolute atomic E-state index is 0.0335. The van der Waals surface area contributed by atoms with Crippen molar-refractivity contribution < 1.29 is 4.79 Å². The number of nitrogens with one attached hydrogen (secondary N) is 1. The van der Waals surface area contributed by atoms with Crippen molar-refractivity contribution >= 4 is 39.2 Å². The lowest BCUT2D eigenvalue weighted by Crippen LogP contribution is -2.30. The number of carbonyl (C=O) groups excluding carboxylic acids is 1. The molecule has 0 radical (unpaired) electrons. The van der Waals surface area contributed by atoms with Gasteiger partial charge in [0.15, 0.2) is 0 Å². The van der Waals surface area contributed by atoms with E-state index in [1.165, 1.54) is 0 Å². The van der Waals surface area contributed by atoms with E-state index in [0.717, 1.165) is 15.1 Å². The highest BCUT2D eigenvalue weighted by Crippen LogP contribution is 2.22. The molecule has 1 rings (SSSR count). The Labute approximate surface area is 103 Å². The third-order valence-corrected chi connectivity index (χ3v) is 3.58. The molecule has 0 saturated carbocycles. The number of hydrogen-bond donors (Lipinski definition) is 1. The van der Waals surface area contributed by atoms with Gasteiger partial charge in [0.25, 0.3) is 0 Å². The Bertz CT molecular complexity index is 359. The Morgan fingerprint density at radius 1 is 1.67 bits per heavy atom. The lowest BCUT2D eigenvalue weighted by Gasteiger charge is -2.08. The van der Waals surface area contributed by atoms with Crippen molar-refractivity contribution in [2.24, 2.45) is 0 Å². The maximum absolute atomic E-state index is 11.4. The van der Waals surface area contributed by atoms with Gasteiger partial charge < -0.3 is 5.32 Å². The van der Waals surface area contributed by atoms with E-state index in [9.17, 15) is 4.79 Å². The maximum Gasteiger partial charge on any atom is 0.244 e. The minimum Gasteiger partial charge on any atom is -0.350 e. The SMILES string of the molecule is CCC(C)NC(=O)C=Cc1ccc(Br)s1. The van der Waals surface area contributed by atoms with Gasteiger partial charge in [0.05, 0.1) is 3.79 Å². The Morgan fingerprint density at radius 2 is 2.40 bits per heavy atom. The molecule has 82 valence electrons. The molecule has 0 spiro atoms. The molecule has 2 nitrogen and oxygen atoms in total. The summed E-state index contributed by atoms with van der Waals surface area (Å²) in [5.74, 6) is -0.0335. The molecule has 1 unspecified atom stereocenters. The number of amides is 1. The zero-order chi connectivity index (χ0) is 11.3. The maximum atomic E-state index is 11.4. The first-order chi connectivity index (χ1) is 7.11. The Hall–Kier alpha value is -0.610. The van der Waals surface area contributed by atoms with Gasteiger partial charge in [-0.05, 0) is 47.5 Å². The molecule has 1 amide bonds. The van der Waals surface area contributed by atoms with Crippen LogP contribution in [0.1, 0.15) is 25.1 Å². The Balaban J connectivity index is 2.47. The number of carbonyl (C=O) groups is 1. The fourth-order valence-electron chi connectivity index (χ4n) is 0.969. The molecule has 1 aromatic rings. The van der Waals surface area contributed by atoms with Gasteiger partial charge in [-0.25, -0.2) is 0 Å². The highest BCUT2D eigenvalue weighted by Gasteiger charge is 2.01. The first kappa shape index (κ1) is 12.5. The average Bonchev–Trinajstić information content (AvgIpc) is 2.61. The summed E-state index contributed by atoms with van der Waals surface area (Å²) in [5.41, 5.74) is 0. The molecule has 0 saturated heterocycles. The van der Waals surface area contributed by atoms with Crippen molar-refractivity contribution in [2.45, 2.75) is 26.3 Å². The molecule has 1 heterocycles. The van der Waals surface area contributed by atoms with E-state index < -0.39 is 0 Å². The van der Waals surface area contributed by atoms with E-state index in [2.05, 4.69) is 21.2 Å². The van der Waals surface area contributed by atoms with Crippen LogP contribution >= 0.6 is 27.3 Å². The molecule has 0 aliphatic heterocycles. The lowest BCUT2D eigenvalue weighted by molar-refractivity contribution is -0.117. The number of thiophene rings is 1. The molecule has 0 fully saturated rings. The summed E-state index contributed by atoms with van der Waals surface area (Å²) in [7, 11) is 0. The van der Waals surface area contributed by atoms with Crippen LogP contribution in [-0.4, -0.2) is 11.9 Å². The summed E-state index contributed by atoms with van der Waals surface area (Å²) in [6.45, 7) is 4.04. The summed E-state index contributed by atoms with van der Waals surface area (Å²) < 4.78 is 1.07. The second-order valence-electron chi connectivity index (χ2n) is 3.29. The number of halogens is 1. The van der Waals surface area contributed by atoms with Gasteiger partial charge in [0.1, 0.15) is 0 Å². The third-order valence-electron chi connectivity index (χ3n) is 1.99. The van der Waals surface area contributed by atoms with Gasteiger partial charge in [-0.3, -0.25) is 4.79 Å². The van der Waals surface area contributed by atoms with Crippen LogP contribution in [-0.2, 0) is 4.79 Å². The predicted molar refractivity (Wildman–Crippen MR) is 68.9 cm³/mol. The monoisotopic (exact) mass is 287 g/mol. The first-order valence-electron chi connectivity index (χ1n) is 4.85. The van der Waals surface area contributed by atoms with Crippen molar-refractivity contribution in [3.8, 4) is 0 Å². The summed E-state index contributed by atoms with van der Waals surface area (Å²) in [6, 6.07) is 4.18. The molecule has 4 heteroatoms. The largest absolute Gasteiger partial charge is 0.350 e. The molecule has 1 N–H and O–H groups in total. The zero-order valence-electron chi connectivity index (χ0n) is 8.79. The lowest BCUT2D eigenvalue weighted by atomic mass is 10.2. The molecule has 15 heavy (non-hydrogen) atoms. The van der Waals surface area contributed by atoms with Crippen molar-refractivity contribution in [3.05, 3.63) is 26.9 Å². The molecule has 0 aliphatic carbocycles. The topological polar surface area (TPSA) is 29.1 Å². The zero-order valence-corrected chi connectivity index (χ0v) is 11.2. The smallest absolute Gasteiger partial charge is 0.244 e. The second kappa shape index (κ2) is 6.08. The Kier molecular flexibility index (Phi) is 5.05. The molecular formula is C11H14BrNOS. The fourth-order valence-corrected chi connectivity index (χ4v) is 2.30. The standard InChI is InChI=1S/C11H14BrNOS/c1-3-8(2)13-11(14)7-5-9-4-6-10(12)15-9/h4-8H,3H2,1-2H3,(H,13,14). The van der Waals surface area contributed by atoms with Gasteiger partial charge >= 0.3 is 0 Å². The normalized spacial score (nSPS) is 13.0. The predicted octanol–water partition coefficient (Wildman–Crippen LogP) is 3.44. The van der Waals surface area contributed by atoms with Gasteiger partial charge in [0.2, 0.25) is 5.91 Å². The van der Waals surface area contributed by atoms with Crippen LogP contribution in [0.3, 0.4) is 0 Å². The van der Waals surface area contributed by atoms with Gasteiger partial charge in [-0.1, -0.05) is 6.92 Å².